The number of primary amides is 1. The van der Waals surface area contributed by atoms with Crippen LogP contribution in [-0.4, -0.2) is 46.0 Å². The van der Waals surface area contributed by atoms with Crippen LogP contribution >= 0.6 is 0 Å². The highest BCUT2D eigenvalue weighted by atomic mass is 16.2. The molecule has 0 atom stereocenters. The number of nitrogens with one attached hydrogen (secondary N) is 1. The van der Waals surface area contributed by atoms with Crippen LogP contribution in [0.5, 0.6) is 0 Å². The van der Waals surface area contributed by atoms with Crippen LogP contribution < -0.4 is 11.1 Å². The second-order valence-electron chi connectivity index (χ2n) is 6.09. The molecule has 1 saturated heterocycles. The first kappa shape index (κ1) is 14.9. The summed E-state index contributed by atoms with van der Waals surface area (Å²) < 4.78 is 2.38. The number of hydrogen-bond donors (Lipinski definition) is 2. The largest absolute Gasteiger partial charge is 0.352 e. The van der Waals surface area contributed by atoms with E-state index in [1.54, 1.807) is 4.90 Å². The van der Waals surface area contributed by atoms with Gasteiger partial charge in [-0.15, -0.1) is 0 Å². The van der Waals surface area contributed by atoms with Crippen LogP contribution in [0.15, 0.2) is 6.20 Å². The molecule has 0 radical (unpaired) electrons. The van der Waals surface area contributed by atoms with Crippen molar-refractivity contribution in [1.82, 2.24) is 19.8 Å². The number of imidazole rings is 1. The number of aryl methyl sites for hydroxylation is 1. The van der Waals surface area contributed by atoms with Gasteiger partial charge in [0.2, 0.25) is 5.91 Å². The minimum atomic E-state index is -0.660. The normalized spacial score (nSPS) is 18.8. The Bertz CT molecular complexity index is 560. The Morgan fingerprint density at radius 2 is 2.05 bits per heavy atom. The predicted octanol–water partition coefficient (Wildman–Crippen LogP) is 0.594. The molecule has 0 aromatic carbocycles. The highest BCUT2D eigenvalue weighted by molar-refractivity contribution is 5.83. The number of aromatic nitrogens is 2. The first-order valence-electron chi connectivity index (χ1n) is 8.00. The summed E-state index contributed by atoms with van der Waals surface area (Å²) in [5.41, 5.74) is 6.34. The zero-order valence-electron chi connectivity index (χ0n) is 12.8. The molecule has 0 aliphatic carbocycles. The molecule has 7 heteroatoms. The molecule has 7 nitrogen and oxygen atoms in total. The maximum atomic E-state index is 12.0. The quantitative estimate of drug-likeness (QED) is 0.856. The minimum absolute atomic E-state index is 0.0151. The number of carbonyl (C=O) groups is 2. The molecule has 2 aliphatic rings. The first-order chi connectivity index (χ1) is 10.6. The number of nitrogens with two attached hydrogens (primary N) is 1. The molecule has 3 amide bonds. The lowest BCUT2D eigenvalue weighted by atomic mass is 9.95. The second kappa shape index (κ2) is 6.37. The van der Waals surface area contributed by atoms with E-state index in [9.17, 15) is 9.59 Å². The van der Waals surface area contributed by atoms with E-state index in [0.717, 1.165) is 25.8 Å². The van der Waals surface area contributed by atoms with Crippen molar-refractivity contribution in [3.63, 3.8) is 0 Å². The number of fused-ring (bicyclic) bond motifs is 1. The summed E-state index contributed by atoms with van der Waals surface area (Å²) in [6.07, 6.45) is 7.49. The molecule has 0 saturated carbocycles. The van der Waals surface area contributed by atoms with E-state index in [0.29, 0.717) is 19.0 Å². The summed E-state index contributed by atoms with van der Waals surface area (Å²) in [6, 6.07) is -0.660. The standard InChI is InChI=1S/C15H23N5O2/c16-15(22)18-10-13(21)19-7-4-11(5-8-19)14-17-9-12-3-1-2-6-20(12)14/h9,11H,1-8,10H2,(H3,16,18,22). The number of likely N-dealkylation sites (tertiary alicyclic amines) is 1. The van der Waals surface area contributed by atoms with Gasteiger partial charge >= 0.3 is 6.03 Å². The van der Waals surface area contributed by atoms with Gasteiger partial charge in [0.15, 0.2) is 0 Å². The molecule has 0 unspecified atom stereocenters. The van der Waals surface area contributed by atoms with Crippen molar-refractivity contribution in [2.24, 2.45) is 5.73 Å². The highest BCUT2D eigenvalue weighted by Crippen LogP contribution is 2.29. The van der Waals surface area contributed by atoms with Crippen LogP contribution in [0.4, 0.5) is 4.79 Å². The van der Waals surface area contributed by atoms with Gasteiger partial charge in [-0.25, -0.2) is 9.78 Å². The fourth-order valence-electron chi connectivity index (χ4n) is 3.45. The molecule has 1 fully saturated rings. The molecular weight excluding hydrogens is 282 g/mol. The maximum Gasteiger partial charge on any atom is 0.312 e. The number of hydrogen-bond acceptors (Lipinski definition) is 3. The van der Waals surface area contributed by atoms with Gasteiger partial charge in [0.05, 0.1) is 6.54 Å². The molecule has 1 aromatic heterocycles. The lowest BCUT2D eigenvalue weighted by Gasteiger charge is -2.32. The molecule has 1 aromatic rings. The summed E-state index contributed by atoms with van der Waals surface area (Å²) >= 11 is 0. The Balaban J connectivity index is 1.57. The average molecular weight is 305 g/mol. The van der Waals surface area contributed by atoms with Crippen molar-refractivity contribution in [3.8, 4) is 0 Å². The van der Waals surface area contributed by atoms with Crippen molar-refractivity contribution in [3.05, 3.63) is 17.7 Å². The van der Waals surface area contributed by atoms with E-state index in [4.69, 9.17) is 5.73 Å². The molecule has 3 rings (SSSR count). The zero-order chi connectivity index (χ0) is 15.5. The lowest BCUT2D eigenvalue weighted by molar-refractivity contribution is -0.131. The fourth-order valence-corrected chi connectivity index (χ4v) is 3.45. The van der Waals surface area contributed by atoms with E-state index in [-0.39, 0.29) is 12.5 Å². The molecule has 3 heterocycles. The van der Waals surface area contributed by atoms with Gasteiger partial charge < -0.3 is 20.5 Å². The third kappa shape index (κ3) is 3.08. The van der Waals surface area contributed by atoms with Crippen LogP contribution in [0.1, 0.15) is 43.1 Å². The summed E-state index contributed by atoms with van der Waals surface area (Å²) in [5.74, 6) is 1.56. The predicted molar refractivity (Wildman–Crippen MR) is 81.3 cm³/mol. The topological polar surface area (TPSA) is 93.2 Å². The Hall–Kier alpha value is -2.05. The van der Waals surface area contributed by atoms with E-state index in [1.165, 1.54) is 24.4 Å². The second-order valence-corrected chi connectivity index (χ2v) is 6.09. The van der Waals surface area contributed by atoms with Crippen LogP contribution in [0.2, 0.25) is 0 Å². The monoisotopic (exact) mass is 305 g/mol. The van der Waals surface area contributed by atoms with Gasteiger partial charge in [-0.05, 0) is 32.1 Å². The van der Waals surface area contributed by atoms with Crippen molar-refractivity contribution < 1.29 is 9.59 Å². The van der Waals surface area contributed by atoms with Gasteiger partial charge in [0, 0.05) is 37.4 Å². The SMILES string of the molecule is NC(=O)NCC(=O)N1CCC(c2ncc3n2CCCC3)CC1. The Morgan fingerprint density at radius 1 is 1.27 bits per heavy atom. The Labute approximate surface area is 129 Å². The number of urea groups is 1. The van der Waals surface area contributed by atoms with E-state index < -0.39 is 6.03 Å². The number of rotatable bonds is 3. The molecule has 2 aliphatic heterocycles. The Morgan fingerprint density at radius 3 is 2.77 bits per heavy atom. The smallest absolute Gasteiger partial charge is 0.312 e. The van der Waals surface area contributed by atoms with E-state index in [1.807, 2.05) is 6.20 Å². The third-order valence-corrected chi connectivity index (χ3v) is 4.66. The van der Waals surface area contributed by atoms with Gasteiger partial charge in [0.25, 0.3) is 0 Å². The summed E-state index contributed by atoms with van der Waals surface area (Å²) in [6.45, 7) is 2.49. The van der Waals surface area contributed by atoms with Crippen LogP contribution in [-0.2, 0) is 17.8 Å². The van der Waals surface area contributed by atoms with Crippen LogP contribution in [0.3, 0.4) is 0 Å². The molecule has 0 spiro atoms. The molecule has 120 valence electrons. The van der Waals surface area contributed by atoms with Gasteiger partial charge in [-0.1, -0.05) is 0 Å². The van der Waals surface area contributed by atoms with Crippen molar-refractivity contribution in [1.29, 1.82) is 0 Å². The number of piperidine rings is 1. The Kier molecular flexibility index (Phi) is 4.31. The minimum Gasteiger partial charge on any atom is -0.352 e. The fraction of sp³-hybridized carbons (Fsp3) is 0.667. The molecular formula is C15H23N5O2. The van der Waals surface area contributed by atoms with Crippen LogP contribution in [0.25, 0.3) is 0 Å². The lowest BCUT2D eigenvalue weighted by Crippen LogP contribution is -2.45. The summed E-state index contributed by atoms with van der Waals surface area (Å²) in [7, 11) is 0. The molecule has 22 heavy (non-hydrogen) atoms. The number of amides is 3. The number of carbonyl (C=O) groups excluding carboxylic acids is 2. The molecule has 3 N–H and O–H groups in total. The van der Waals surface area contributed by atoms with Crippen molar-refractivity contribution >= 4 is 11.9 Å². The van der Waals surface area contributed by atoms with Gasteiger partial charge in [0.1, 0.15) is 5.82 Å². The van der Waals surface area contributed by atoms with Crippen molar-refractivity contribution in [2.45, 2.75) is 44.6 Å². The van der Waals surface area contributed by atoms with Gasteiger partial charge in [-0.3, -0.25) is 4.79 Å². The van der Waals surface area contributed by atoms with Crippen LogP contribution in [0, 0.1) is 0 Å². The van der Waals surface area contributed by atoms with Gasteiger partial charge in [-0.2, -0.15) is 0 Å². The first-order valence-corrected chi connectivity index (χ1v) is 8.00. The number of nitrogens with zero attached hydrogens (tertiary/aromatic N) is 3. The zero-order valence-corrected chi connectivity index (χ0v) is 12.8. The van der Waals surface area contributed by atoms with E-state index in [2.05, 4.69) is 14.9 Å². The highest BCUT2D eigenvalue weighted by Gasteiger charge is 2.27. The summed E-state index contributed by atoms with van der Waals surface area (Å²) in [5, 5.41) is 2.35. The van der Waals surface area contributed by atoms with E-state index >= 15 is 0 Å². The molecule has 0 bridgehead atoms. The van der Waals surface area contributed by atoms with Crippen molar-refractivity contribution in [2.75, 3.05) is 19.6 Å². The maximum absolute atomic E-state index is 12.0. The average Bonchev–Trinajstić information content (AvgIpc) is 2.97. The third-order valence-electron chi connectivity index (χ3n) is 4.66. The summed E-state index contributed by atoms with van der Waals surface area (Å²) in [4.78, 5) is 29.1.